The number of ether oxygens (including phenoxy) is 1. The first kappa shape index (κ1) is 23.1. The quantitative estimate of drug-likeness (QED) is 0.428. The lowest BCUT2D eigenvalue weighted by Gasteiger charge is -2.38. The molecular weight excluding hydrogens is 430 g/mol. The van der Waals surface area contributed by atoms with Crippen molar-refractivity contribution in [3.63, 3.8) is 0 Å². The molecule has 0 aromatic heterocycles. The molecule has 3 aromatic rings. The Morgan fingerprint density at radius 3 is 2.06 bits per heavy atom. The molecule has 0 unspecified atom stereocenters. The van der Waals surface area contributed by atoms with Gasteiger partial charge in [-0.3, -0.25) is 5.32 Å². The molecule has 2 N–H and O–H groups in total. The van der Waals surface area contributed by atoms with Gasteiger partial charge in [0.1, 0.15) is 5.76 Å². The van der Waals surface area contributed by atoms with Gasteiger partial charge in [-0.15, -0.1) is 11.8 Å². The summed E-state index contributed by atoms with van der Waals surface area (Å²) in [5, 5.41) is 14.9. The molecule has 0 saturated carbocycles. The summed E-state index contributed by atoms with van der Waals surface area (Å²) in [5.41, 5.74) is 4.55. The van der Waals surface area contributed by atoms with Crippen molar-refractivity contribution in [2.24, 2.45) is 0 Å². The van der Waals surface area contributed by atoms with Crippen LogP contribution in [0.3, 0.4) is 0 Å². The van der Waals surface area contributed by atoms with Crippen LogP contribution in [0, 0.1) is 13.8 Å². The lowest BCUT2D eigenvalue weighted by molar-refractivity contribution is -0.139. The van der Waals surface area contributed by atoms with E-state index in [-0.39, 0.29) is 24.0 Å². The third-order valence-electron chi connectivity index (χ3n) is 5.83. The SMILES string of the molecule is CCOC(=O)C1=C(O)[C@@H](Sc2ccccc2)[C@H](c2ccc(C)cc2)N[C@H]1c1ccc(C)cc1. The van der Waals surface area contributed by atoms with E-state index in [9.17, 15) is 9.90 Å². The zero-order valence-electron chi connectivity index (χ0n) is 19.1. The average Bonchev–Trinajstić information content (AvgIpc) is 2.82. The van der Waals surface area contributed by atoms with Gasteiger partial charge >= 0.3 is 5.97 Å². The maximum atomic E-state index is 13.1. The zero-order chi connectivity index (χ0) is 23.4. The maximum absolute atomic E-state index is 13.1. The largest absolute Gasteiger partial charge is 0.510 e. The highest BCUT2D eigenvalue weighted by molar-refractivity contribution is 8.00. The molecule has 5 heteroatoms. The van der Waals surface area contributed by atoms with Gasteiger partial charge in [-0.1, -0.05) is 77.9 Å². The topological polar surface area (TPSA) is 58.6 Å². The highest BCUT2D eigenvalue weighted by Crippen LogP contribution is 2.44. The standard InChI is InChI=1S/C28H29NO3S/c1-4-32-28(31)23-24(20-14-10-18(2)11-15-20)29-25(21-16-12-19(3)13-17-21)27(26(23)30)33-22-8-6-5-7-9-22/h5-17,24-25,27,29-30H,4H2,1-3H3/t24-,25-,27-/m0/s1. The molecule has 4 rings (SSSR count). The number of hydrogen-bond donors (Lipinski definition) is 2. The predicted octanol–water partition coefficient (Wildman–Crippen LogP) is 6.23. The maximum Gasteiger partial charge on any atom is 0.339 e. The number of nitrogens with one attached hydrogen (secondary N) is 1. The number of thioether (sulfide) groups is 1. The molecule has 1 heterocycles. The van der Waals surface area contributed by atoms with Gasteiger partial charge in [0.05, 0.1) is 29.5 Å². The highest BCUT2D eigenvalue weighted by atomic mass is 32.2. The van der Waals surface area contributed by atoms with Crippen molar-refractivity contribution in [1.29, 1.82) is 0 Å². The molecule has 0 bridgehead atoms. The molecule has 0 fully saturated rings. The summed E-state index contributed by atoms with van der Waals surface area (Å²) < 4.78 is 5.38. The first-order valence-corrected chi connectivity index (χ1v) is 12.1. The van der Waals surface area contributed by atoms with Gasteiger partial charge in [-0.2, -0.15) is 0 Å². The summed E-state index contributed by atoms with van der Waals surface area (Å²) in [5.74, 6) is -0.425. The van der Waals surface area contributed by atoms with Crippen molar-refractivity contribution in [3.05, 3.63) is 112 Å². The number of esters is 1. The Hall–Kier alpha value is -3.02. The Kier molecular flexibility index (Phi) is 7.21. The summed E-state index contributed by atoms with van der Waals surface area (Å²) in [6, 6.07) is 25.6. The van der Waals surface area contributed by atoms with E-state index < -0.39 is 17.3 Å². The van der Waals surface area contributed by atoms with Crippen molar-refractivity contribution < 1.29 is 14.6 Å². The number of carbonyl (C=O) groups is 1. The number of aliphatic hydroxyl groups is 1. The van der Waals surface area contributed by atoms with Crippen LogP contribution >= 0.6 is 11.8 Å². The number of aliphatic hydroxyl groups excluding tert-OH is 1. The molecule has 4 nitrogen and oxygen atoms in total. The fourth-order valence-electron chi connectivity index (χ4n) is 4.08. The van der Waals surface area contributed by atoms with Crippen LogP contribution in [0.15, 0.2) is 95.1 Å². The van der Waals surface area contributed by atoms with Gasteiger partial charge in [-0.25, -0.2) is 4.79 Å². The summed E-state index contributed by atoms with van der Waals surface area (Å²) in [7, 11) is 0. The molecule has 0 amide bonds. The van der Waals surface area contributed by atoms with Crippen molar-refractivity contribution >= 4 is 17.7 Å². The fraction of sp³-hybridized carbons (Fsp3) is 0.250. The van der Waals surface area contributed by atoms with Gasteiger partial charge in [-0.05, 0) is 44.0 Å². The second-order valence-electron chi connectivity index (χ2n) is 8.27. The number of benzene rings is 3. The van der Waals surface area contributed by atoms with E-state index in [4.69, 9.17) is 4.74 Å². The molecule has 170 valence electrons. The Morgan fingerprint density at radius 2 is 1.48 bits per heavy atom. The second-order valence-corrected chi connectivity index (χ2v) is 9.48. The number of aryl methyl sites for hydroxylation is 2. The van der Waals surface area contributed by atoms with E-state index in [2.05, 4.69) is 36.5 Å². The van der Waals surface area contributed by atoms with Crippen LogP contribution in [0.1, 0.15) is 41.3 Å². The molecular formula is C28H29NO3S. The van der Waals surface area contributed by atoms with Crippen LogP contribution < -0.4 is 5.32 Å². The Bertz CT molecular complexity index is 1120. The summed E-state index contributed by atoms with van der Waals surface area (Å²) in [4.78, 5) is 14.1. The van der Waals surface area contributed by atoms with Gasteiger partial charge in [0, 0.05) is 4.90 Å². The Morgan fingerprint density at radius 1 is 0.909 bits per heavy atom. The van der Waals surface area contributed by atoms with E-state index in [0.29, 0.717) is 0 Å². The number of rotatable bonds is 6. The molecule has 0 radical (unpaired) electrons. The first-order valence-electron chi connectivity index (χ1n) is 11.2. The normalized spacial score (nSPS) is 20.5. The summed E-state index contributed by atoms with van der Waals surface area (Å²) in [6.07, 6.45) is 0. The van der Waals surface area contributed by atoms with Crippen LogP contribution in [0.5, 0.6) is 0 Å². The summed E-state index contributed by atoms with van der Waals surface area (Å²) in [6.45, 7) is 6.10. The van der Waals surface area contributed by atoms with Gasteiger partial charge in [0.25, 0.3) is 0 Å². The van der Waals surface area contributed by atoms with Gasteiger partial charge in [0.15, 0.2) is 0 Å². The number of hydrogen-bond acceptors (Lipinski definition) is 5. The van der Waals surface area contributed by atoms with Gasteiger partial charge < -0.3 is 9.84 Å². The lowest BCUT2D eigenvalue weighted by Crippen LogP contribution is -2.43. The monoisotopic (exact) mass is 459 g/mol. The van der Waals surface area contributed by atoms with Crippen molar-refractivity contribution in [1.82, 2.24) is 5.32 Å². The van der Waals surface area contributed by atoms with Crippen molar-refractivity contribution in [2.45, 2.75) is 43.0 Å². The van der Waals surface area contributed by atoms with Crippen LogP contribution in [0.2, 0.25) is 0 Å². The molecule has 1 aliphatic heterocycles. The minimum absolute atomic E-state index is 0.0669. The number of carbonyl (C=O) groups excluding carboxylic acids is 1. The zero-order valence-corrected chi connectivity index (χ0v) is 19.9. The van der Waals surface area contributed by atoms with Crippen LogP contribution in [-0.2, 0) is 9.53 Å². The molecule has 0 spiro atoms. The van der Waals surface area contributed by atoms with Crippen molar-refractivity contribution in [3.8, 4) is 0 Å². The molecule has 1 aliphatic rings. The highest BCUT2D eigenvalue weighted by Gasteiger charge is 2.42. The fourth-order valence-corrected chi connectivity index (χ4v) is 5.29. The third-order valence-corrected chi connectivity index (χ3v) is 7.13. The lowest BCUT2D eigenvalue weighted by atomic mass is 9.87. The average molecular weight is 460 g/mol. The molecule has 3 aromatic carbocycles. The van der Waals surface area contributed by atoms with E-state index in [1.54, 1.807) is 18.7 Å². The van der Waals surface area contributed by atoms with E-state index >= 15 is 0 Å². The first-order chi connectivity index (χ1) is 16.0. The minimum Gasteiger partial charge on any atom is -0.510 e. The Balaban J connectivity index is 1.85. The summed E-state index contributed by atoms with van der Waals surface area (Å²) >= 11 is 1.54. The minimum atomic E-state index is -0.492. The molecule has 33 heavy (non-hydrogen) atoms. The molecule has 0 saturated heterocycles. The molecule has 3 atom stereocenters. The van der Waals surface area contributed by atoms with Crippen LogP contribution in [-0.4, -0.2) is 22.9 Å². The van der Waals surface area contributed by atoms with E-state index in [1.807, 2.05) is 61.5 Å². The van der Waals surface area contributed by atoms with Crippen LogP contribution in [0.25, 0.3) is 0 Å². The Labute approximate surface area is 199 Å². The van der Waals surface area contributed by atoms with Crippen molar-refractivity contribution in [2.75, 3.05) is 6.61 Å². The van der Waals surface area contributed by atoms with E-state index in [1.165, 1.54) is 5.56 Å². The van der Waals surface area contributed by atoms with Crippen LogP contribution in [0.4, 0.5) is 0 Å². The molecule has 0 aliphatic carbocycles. The van der Waals surface area contributed by atoms with E-state index in [0.717, 1.165) is 21.6 Å². The smallest absolute Gasteiger partial charge is 0.339 e. The predicted molar refractivity (Wildman–Crippen MR) is 133 cm³/mol. The van der Waals surface area contributed by atoms with Gasteiger partial charge in [0.2, 0.25) is 0 Å². The third kappa shape index (κ3) is 5.15. The second kappa shape index (κ2) is 10.3.